The highest BCUT2D eigenvalue weighted by Crippen LogP contribution is 2.38. The van der Waals surface area contributed by atoms with Gasteiger partial charge in [-0.05, 0) is 44.0 Å². The Bertz CT molecular complexity index is 918. The zero-order valence-corrected chi connectivity index (χ0v) is 17.9. The molecule has 2 heterocycles. The van der Waals surface area contributed by atoms with Crippen LogP contribution in [0, 0.1) is 6.92 Å². The van der Waals surface area contributed by atoms with Gasteiger partial charge in [-0.1, -0.05) is 35.6 Å². The Morgan fingerprint density at radius 3 is 2.30 bits per heavy atom. The molecule has 6 nitrogen and oxygen atoms in total. The second-order valence-corrected chi connectivity index (χ2v) is 7.68. The Labute approximate surface area is 177 Å². The van der Waals surface area contributed by atoms with E-state index in [1.807, 2.05) is 31.2 Å². The Balaban J connectivity index is 2.00. The van der Waals surface area contributed by atoms with Gasteiger partial charge in [-0.15, -0.1) is 0 Å². The predicted octanol–water partition coefficient (Wildman–Crippen LogP) is 0.929. The largest absolute Gasteiger partial charge is 0.872 e. The Morgan fingerprint density at radius 1 is 1.07 bits per heavy atom. The van der Waals surface area contributed by atoms with Gasteiger partial charge in [0.15, 0.2) is 0 Å². The highest BCUT2D eigenvalue weighted by atomic mass is 16.3. The molecule has 2 aromatic rings. The average molecular weight is 408 g/mol. The number of Topliss-reactive ketones (excluding diaryl/α,β-unsaturated/α-hetero) is 1. The first-order valence-electron chi connectivity index (χ1n) is 10.5. The van der Waals surface area contributed by atoms with Crippen LogP contribution in [0.25, 0.3) is 5.76 Å². The number of aromatic nitrogens is 1. The number of nitrogens with one attached hydrogen (secondary N) is 1. The molecule has 1 aromatic carbocycles. The van der Waals surface area contributed by atoms with E-state index in [1.165, 1.54) is 17.3 Å². The van der Waals surface area contributed by atoms with Crippen molar-refractivity contribution in [3.63, 3.8) is 0 Å². The summed E-state index contributed by atoms with van der Waals surface area (Å²) in [6.07, 6.45) is 3.80. The fraction of sp³-hybridized carbons (Fsp3) is 0.375. The highest BCUT2D eigenvalue weighted by molar-refractivity contribution is 6.46. The fourth-order valence-corrected chi connectivity index (χ4v) is 3.96. The van der Waals surface area contributed by atoms with Crippen LogP contribution in [0.4, 0.5) is 0 Å². The molecule has 1 amide bonds. The van der Waals surface area contributed by atoms with Crippen molar-refractivity contribution in [2.75, 3.05) is 26.2 Å². The van der Waals surface area contributed by atoms with Crippen molar-refractivity contribution in [1.82, 2.24) is 9.88 Å². The van der Waals surface area contributed by atoms with Gasteiger partial charge in [-0.2, -0.15) is 0 Å². The maximum Gasteiger partial charge on any atom is 0.295 e. The molecule has 1 fully saturated rings. The molecule has 0 saturated carbocycles. The first-order valence-corrected chi connectivity index (χ1v) is 10.5. The van der Waals surface area contributed by atoms with Crippen molar-refractivity contribution in [3.8, 4) is 0 Å². The van der Waals surface area contributed by atoms with Gasteiger partial charge in [0.25, 0.3) is 5.91 Å². The lowest BCUT2D eigenvalue weighted by atomic mass is 9.95. The minimum absolute atomic E-state index is 0.0326. The second-order valence-electron chi connectivity index (χ2n) is 7.68. The maximum atomic E-state index is 13.2. The fourth-order valence-electron chi connectivity index (χ4n) is 3.96. The van der Waals surface area contributed by atoms with Crippen LogP contribution in [0.5, 0.6) is 0 Å². The highest BCUT2D eigenvalue weighted by Gasteiger charge is 2.43. The second kappa shape index (κ2) is 9.67. The lowest BCUT2D eigenvalue weighted by Crippen LogP contribution is -3.11. The van der Waals surface area contributed by atoms with Gasteiger partial charge in [0, 0.05) is 30.9 Å². The summed E-state index contributed by atoms with van der Waals surface area (Å²) < 4.78 is 0. The van der Waals surface area contributed by atoms with Gasteiger partial charge in [-0.3, -0.25) is 14.6 Å². The van der Waals surface area contributed by atoms with Gasteiger partial charge < -0.3 is 14.9 Å². The number of quaternary nitrogens is 1. The van der Waals surface area contributed by atoms with E-state index in [2.05, 4.69) is 18.8 Å². The number of amides is 1. The summed E-state index contributed by atoms with van der Waals surface area (Å²) >= 11 is 0. The molecule has 1 saturated heterocycles. The van der Waals surface area contributed by atoms with Gasteiger partial charge in [0.05, 0.1) is 25.7 Å². The predicted molar refractivity (Wildman–Crippen MR) is 113 cm³/mol. The molecule has 1 atom stereocenters. The van der Waals surface area contributed by atoms with E-state index in [-0.39, 0.29) is 5.57 Å². The molecule has 158 valence electrons. The molecule has 1 aromatic heterocycles. The van der Waals surface area contributed by atoms with Crippen LogP contribution in [0.2, 0.25) is 0 Å². The minimum atomic E-state index is -0.697. The summed E-state index contributed by atoms with van der Waals surface area (Å²) in [6.45, 7) is 9.64. The summed E-state index contributed by atoms with van der Waals surface area (Å²) in [5.41, 5.74) is 2.26. The lowest BCUT2D eigenvalue weighted by Gasteiger charge is -2.28. The quantitative estimate of drug-likeness (QED) is 0.401. The van der Waals surface area contributed by atoms with Gasteiger partial charge in [0.1, 0.15) is 0 Å². The minimum Gasteiger partial charge on any atom is -0.872 e. The average Bonchev–Trinajstić information content (AvgIpc) is 3.02. The van der Waals surface area contributed by atoms with Crippen molar-refractivity contribution in [1.29, 1.82) is 0 Å². The third-order valence-corrected chi connectivity index (χ3v) is 5.79. The van der Waals surface area contributed by atoms with Gasteiger partial charge in [0.2, 0.25) is 5.78 Å². The number of rotatable bonds is 8. The first-order chi connectivity index (χ1) is 14.5. The van der Waals surface area contributed by atoms with E-state index in [4.69, 9.17) is 0 Å². The molecule has 0 radical (unpaired) electrons. The topological polar surface area (TPSA) is 77.8 Å². The normalized spacial score (nSPS) is 18.4. The summed E-state index contributed by atoms with van der Waals surface area (Å²) in [4.78, 5) is 32.8. The van der Waals surface area contributed by atoms with Crippen molar-refractivity contribution in [2.24, 2.45) is 0 Å². The number of pyridine rings is 1. The third-order valence-electron chi connectivity index (χ3n) is 5.79. The van der Waals surface area contributed by atoms with E-state index >= 15 is 0 Å². The summed E-state index contributed by atoms with van der Waals surface area (Å²) in [7, 11) is 0. The standard InChI is InChI=1S/C24H29N3O3/c1-4-26(5-2)15-6-16-27-21(18-9-7-17(3)8-10-18)20(23(29)24(27)30)22(28)19-11-13-25-14-12-19/h7-14,21,28H,4-6,15-16H2,1-3H3. The Hall–Kier alpha value is -2.99. The van der Waals surface area contributed by atoms with Crippen LogP contribution >= 0.6 is 0 Å². The molecule has 1 aliphatic heterocycles. The molecule has 3 rings (SSSR count). The monoisotopic (exact) mass is 407 g/mol. The van der Waals surface area contributed by atoms with Crippen molar-refractivity contribution < 1.29 is 19.6 Å². The Kier molecular flexibility index (Phi) is 7.00. The van der Waals surface area contributed by atoms with Crippen molar-refractivity contribution >= 4 is 17.4 Å². The number of hydrogen-bond acceptors (Lipinski definition) is 4. The number of ketones is 1. The van der Waals surface area contributed by atoms with E-state index < -0.39 is 23.5 Å². The smallest absolute Gasteiger partial charge is 0.295 e. The molecule has 1 N–H and O–H groups in total. The van der Waals surface area contributed by atoms with E-state index in [9.17, 15) is 14.7 Å². The number of carbonyl (C=O) groups is 2. The summed E-state index contributed by atoms with van der Waals surface area (Å²) in [5, 5.41) is 13.2. The summed E-state index contributed by atoms with van der Waals surface area (Å²) in [6, 6.07) is 10.2. The number of nitrogens with zero attached hydrogens (tertiary/aromatic N) is 2. The van der Waals surface area contributed by atoms with Crippen molar-refractivity contribution in [2.45, 2.75) is 33.2 Å². The van der Waals surface area contributed by atoms with Crippen LogP contribution in [-0.2, 0) is 9.59 Å². The molecule has 6 heteroatoms. The lowest BCUT2D eigenvalue weighted by molar-refractivity contribution is -0.896. The van der Waals surface area contributed by atoms with Crippen LogP contribution in [0.15, 0.2) is 54.4 Å². The SMILES string of the molecule is CC[NH+](CC)CCCN1C(=O)C(=O)C(=C([O-])c2ccncc2)C1c1ccc(C)cc1. The van der Waals surface area contributed by atoms with Crippen molar-refractivity contribution in [3.05, 3.63) is 71.1 Å². The van der Waals surface area contributed by atoms with Gasteiger partial charge >= 0.3 is 0 Å². The molecule has 0 aliphatic carbocycles. The van der Waals surface area contributed by atoms with Crippen LogP contribution in [0.1, 0.15) is 43.0 Å². The number of carbonyl (C=O) groups excluding carboxylic acids is 2. The zero-order valence-electron chi connectivity index (χ0n) is 17.9. The van der Waals surface area contributed by atoms with Crippen LogP contribution in [0.3, 0.4) is 0 Å². The van der Waals surface area contributed by atoms with Gasteiger partial charge in [-0.25, -0.2) is 0 Å². The van der Waals surface area contributed by atoms with E-state index in [0.29, 0.717) is 12.1 Å². The molecular formula is C24H29N3O3. The molecule has 0 spiro atoms. The third kappa shape index (κ3) is 4.44. The van der Waals surface area contributed by atoms with Crippen LogP contribution in [-0.4, -0.2) is 47.8 Å². The molecule has 0 bridgehead atoms. The zero-order chi connectivity index (χ0) is 21.7. The first kappa shape index (κ1) is 21.7. The molecule has 1 aliphatic rings. The van der Waals surface area contributed by atoms with E-state index in [1.54, 1.807) is 17.0 Å². The number of hydrogen-bond donors (Lipinski definition) is 1. The Morgan fingerprint density at radius 2 is 1.70 bits per heavy atom. The molecule has 30 heavy (non-hydrogen) atoms. The number of benzene rings is 1. The summed E-state index contributed by atoms with van der Waals surface area (Å²) in [5.74, 6) is -1.69. The maximum absolute atomic E-state index is 13.2. The number of aryl methyl sites for hydroxylation is 1. The van der Waals surface area contributed by atoms with E-state index in [0.717, 1.165) is 37.2 Å². The van der Waals surface area contributed by atoms with Crippen LogP contribution < -0.4 is 10.0 Å². The molecule has 1 unspecified atom stereocenters. The molecular weight excluding hydrogens is 378 g/mol. The number of likely N-dealkylation sites (tertiary alicyclic amines) is 1.